The molecule has 104 valence electrons. The molecule has 1 aliphatic heterocycles. The standard InChI is InChI=1S/C9H8BrNO.C5H10O2/c1-11-8-5-7(10)3-2-6(8)4-9(11)12;1-5(2,3)7-4-6/h2-3,5H,4H2,1H3;4H,1-3H3. The van der Waals surface area contributed by atoms with Gasteiger partial charge in [0.1, 0.15) is 5.60 Å². The van der Waals surface area contributed by atoms with Crippen LogP contribution in [0.5, 0.6) is 0 Å². The van der Waals surface area contributed by atoms with Gasteiger partial charge in [0, 0.05) is 17.2 Å². The second kappa shape index (κ2) is 6.19. The molecule has 0 fully saturated rings. The fourth-order valence-electron chi connectivity index (χ4n) is 1.56. The molecule has 5 heteroatoms. The smallest absolute Gasteiger partial charge is 0.293 e. The summed E-state index contributed by atoms with van der Waals surface area (Å²) in [6.07, 6.45) is 0.541. The number of nitrogens with zero attached hydrogens (tertiary/aromatic N) is 1. The Balaban J connectivity index is 0.000000224. The summed E-state index contributed by atoms with van der Waals surface area (Å²) in [4.78, 5) is 22.5. The molecule has 0 saturated heterocycles. The summed E-state index contributed by atoms with van der Waals surface area (Å²) in [7, 11) is 1.81. The number of anilines is 1. The number of carbonyl (C=O) groups excluding carboxylic acids is 2. The lowest BCUT2D eigenvalue weighted by atomic mass is 10.2. The predicted octanol–water partition coefficient (Wildman–Crippen LogP) is 2.93. The third-order valence-corrected chi connectivity index (χ3v) is 3.02. The van der Waals surface area contributed by atoms with Gasteiger partial charge in [-0.25, -0.2) is 0 Å². The average molecular weight is 328 g/mol. The summed E-state index contributed by atoms with van der Waals surface area (Å²) in [6, 6.07) is 5.92. The number of hydrogen-bond donors (Lipinski definition) is 0. The molecular weight excluding hydrogens is 310 g/mol. The van der Waals surface area contributed by atoms with Gasteiger partial charge >= 0.3 is 0 Å². The number of amides is 1. The number of benzene rings is 1. The number of hydrogen-bond acceptors (Lipinski definition) is 3. The first-order valence-electron chi connectivity index (χ1n) is 5.91. The van der Waals surface area contributed by atoms with Crippen LogP contribution in [0.3, 0.4) is 0 Å². The summed E-state index contributed by atoms with van der Waals surface area (Å²) in [5, 5.41) is 0. The third kappa shape index (κ3) is 4.67. The number of ether oxygens (including phenoxy) is 1. The highest BCUT2D eigenvalue weighted by molar-refractivity contribution is 9.10. The first-order chi connectivity index (χ1) is 8.74. The molecule has 4 nitrogen and oxygen atoms in total. The van der Waals surface area contributed by atoms with Gasteiger partial charge < -0.3 is 9.64 Å². The van der Waals surface area contributed by atoms with E-state index in [1.165, 1.54) is 0 Å². The van der Waals surface area contributed by atoms with Crippen LogP contribution in [0.15, 0.2) is 22.7 Å². The third-order valence-electron chi connectivity index (χ3n) is 2.53. The van der Waals surface area contributed by atoms with E-state index in [0.29, 0.717) is 12.9 Å². The number of carbonyl (C=O) groups is 2. The fraction of sp³-hybridized carbons (Fsp3) is 0.429. The molecule has 0 N–H and O–H groups in total. The van der Waals surface area contributed by atoms with E-state index >= 15 is 0 Å². The molecule has 0 aromatic heterocycles. The van der Waals surface area contributed by atoms with Crippen molar-refractivity contribution in [2.45, 2.75) is 32.8 Å². The van der Waals surface area contributed by atoms with E-state index in [4.69, 9.17) is 0 Å². The highest BCUT2D eigenvalue weighted by atomic mass is 79.9. The van der Waals surface area contributed by atoms with Gasteiger partial charge in [0.05, 0.1) is 6.42 Å². The maximum Gasteiger partial charge on any atom is 0.293 e. The van der Waals surface area contributed by atoms with E-state index in [2.05, 4.69) is 20.7 Å². The first kappa shape index (κ1) is 15.7. The SMILES string of the molecule is CC(C)(C)OC=O.CN1C(=O)Cc2ccc(Br)cc21. The van der Waals surface area contributed by atoms with Crippen molar-refractivity contribution in [2.75, 3.05) is 11.9 Å². The Morgan fingerprint density at radius 3 is 2.47 bits per heavy atom. The molecule has 1 heterocycles. The van der Waals surface area contributed by atoms with Gasteiger partial charge in [0.25, 0.3) is 6.47 Å². The zero-order valence-electron chi connectivity index (χ0n) is 11.6. The second-order valence-corrected chi connectivity index (χ2v) is 6.14. The zero-order valence-corrected chi connectivity index (χ0v) is 13.2. The van der Waals surface area contributed by atoms with Crippen LogP contribution in [-0.4, -0.2) is 25.0 Å². The molecule has 0 saturated carbocycles. The molecule has 2 rings (SSSR count). The van der Waals surface area contributed by atoms with Crippen molar-refractivity contribution < 1.29 is 14.3 Å². The fourth-order valence-corrected chi connectivity index (χ4v) is 1.91. The average Bonchev–Trinajstić information content (AvgIpc) is 2.55. The van der Waals surface area contributed by atoms with Crippen molar-refractivity contribution in [1.82, 2.24) is 0 Å². The van der Waals surface area contributed by atoms with Crippen molar-refractivity contribution in [3.63, 3.8) is 0 Å². The van der Waals surface area contributed by atoms with Crippen molar-refractivity contribution in [2.24, 2.45) is 0 Å². The van der Waals surface area contributed by atoms with E-state index in [1.807, 2.05) is 39.0 Å². The van der Waals surface area contributed by atoms with Gasteiger partial charge in [0.15, 0.2) is 0 Å². The zero-order chi connectivity index (χ0) is 14.6. The van der Waals surface area contributed by atoms with Crippen molar-refractivity contribution in [3.8, 4) is 0 Å². The Morgan fingerprint density at radius 1 is 1.37 bits per heavy atom. The summed E-state index contributed by atoms with van der Waals surface area (Å²) in [5.74, 6) is 0.170. The van der Waals surface area contributed by atoms with E-state index < -0.39 is 0 Å². The quantitative estimate of drug-likeness (QED) is 0.745. The number of halogens is 1. The van der Waals surface area contributed by atoms with Crippen LogP contribution >= 0.6 is 15.9 Å². The van der Waals surface area contributed by atoms with Gasteiger partial charge in [-0.2, -0.15) is 0 Å². The first-order valence-corrected chi connectivity index (χ1v) is 6.70. The van der Waals surface area contributed by atoms with Crippen molar-refractivity contribution >= 4 is 34.0 Å². The lowest BCUT2D eigenvalue weighted by Crippen LogP contribution is -2.20. The Kier molecular flexibility index (Phi) is 5.11. The normalized spacial score (nSPS) is 13.5. The summed E-state index contributed by atoms with van der Waals surface area (Å²) < 4.78 is 5.57. The number of fused-ring (bicyclic) bond motifs is 1. The molecule has 0 atom stereocenters. The van der Waals surface area contributed by atoms with Crippen LogP contribution in [0.2, 0.25) is 0 Å². The molecule has 1 aromatic rings. The maximum atomic E-state index is 11.3. The van der Waals surface area contributed by atoms with Gasteiger partial charge in [-0.3, -0.25) is 9.59 Å². The van der Waals surface area contributed by atoms with Gasteiger partial charge in [-0.1, -0.05) is 22.0 Å². The summed E-state index contributed by atoms with van der Waals surface area (Å²) >= 11 is 3.37. The van der Waals surface area contributed by atoms with Crippen LogP contribution in [0.25, 0.3) is 0 Å². The molecular formula is C14H18BrNO3. The maximum absolute atomic E-state index is 11.3. The lowest BCUT2D eigenvalue weighted by Gasteiger charge is -2.14. The molecule has 0 bridgehead atoms. The molecule has 1 aliphatic rings. The molecule has 1 aromatic carbocycles. The minimum Gasteiger partial charge on any atom is -0.462 e. The Bertz CT molecular complexity index is 480. The molecule has 1 amide bonds. The Hall–Kier alpha value is -1.36. The predicted molar refractivity (Wildman–Crippen MR) is 78.2 cm³/mol. The van der Waals surface area contributed by atoms with E-state index in [9.17, 15) is 9.59 Å². The Morgan fingerprint density at radius 2 is 2.00 bits per heavy atom. The minimum absolute atomic E-state index is 0.170. The Labute approximate surface area is 121 Å². The molecule has 0 spiro atoms. The van der Waals surface area contributed by atoms with Crippen LogP contribution in [0.1, 0.15) is 26.3 Å². The highest BCUT2D eigenvalue weighted by Crippen LogP contribution is 2.30. The van der Waals surface area contributed by atoms with Crippen molar-refractivity contribution in [1.29, 1.82) is 0 Å². The van der Waals surface area contributed by atoms with E-state index in [1.54, 1.807) is 11.9 Å². The van der Waals surface area contributed by atoms with Gasteiger partial charge in [-0.15, -0.1) is 0 Å². The van der Waals surface area contributed by atoms with E-state index in [-0.39, 0.29) is 11.5 Å². The molecule has 19 heavy (non-hydrogen) atoms. The van der Waals surface area contributed by atoms with Gasteiger partial charge in [0.2, 0.25) is 5.91 Å². The lowest BCUT2D eigenvalue weighted by molar-refractivity contribution is -0.138. The topological polar surface area (TPSA) is 46.6 Å². The minimum atomic E-state index is -0.318. The monoisotopic (exact) mass is 327 g/mol. The molecule has 0 radical (unpaired) electrons. The van der Waals surface area contributed by atoms with Crippen molar-refractivity contribution in [3.05, 3.63) is 28.2 Å². The van der Waals surface area contributed by atoms with Crippen LogP contribution in [0.4, 0.5) is 5.69 Å². The van der Waals surface area contributed by atoms with Crippen LogP contribution < -0.4 is 4.90 Å². The molecule has 0 unspecified atom stereocenters. The number of rotatable bonds is 1. The van der Waals surface area contributed by atoms with Crippen LogP contribution in [0, 0.1) is 0 Å². The number of likely N-dealkylation sites (N-methyl/N-ethyl adjacent to an activating group) is 1. The largest absolute Gasteiger partial charge is 0.462 e. The van der Waals surface area contributed by atoms with E-state index in [0.717, 1.165) is 15.7 Å². The second-order valence-electron chi connectivity index (χ2n) is 5.23. The summed E-state index contributed by atoms with van der Waals surface area (Å²) in [5.41, 5.74) is 1.82. The molecule has 0 aliphatic carbocycles. The van der Waals surface area contributed by atoms with Gasteiger partial charge in [-0.05, 0) is 38.5 Å². The highest BCUT2D eigenvalue weighted by Gasteiger charge is 2.23. The van der Waals surface area contributed by atoms with Crippen LogP contribution in [-0.2, 0) is 20.7 Å². The summed E-state index contributed by atoms with van der Waals surface area (Å²) in [6.45, 7) is 5.92.